The number of nitrogens with zero attached hydrogens (tertiary/aromatic N) is 1. The van der Waals surface area contributed by atoms with E-state index in [0.29, 0.717) is 0 Å². The Bertz CT molecular complexity index is 3900. The fourth-order valence-corrected chi connectivity index (χ4v) is 11.6. The molecule has 0 fully saturated rings. The van der Waals surface area contributed by atoms with E-state index in [9.17, 15) is 0 Å². The first-order chi connectivity index (χ1) is 35.1. The SMILES string of the molecule is CC1(c2ccccc2)c2ccccc2-c2c(N(c3ccc(-c4ccc(-c5ccccc5)cc4)cc3)c3ccccc3-c3ccc4c(c3)c(-c3ccccc3)c(-c3ccccc3)c3ccccc34)cccc21. The van der Waals surface area contributed by atoms with Gasteiger partial charge in [-0.05, 0) is 131 Å². The van der Waals surface area contributed by atoms with Gasteiger partial charge in [-0.15, -0.1) is 0 Å². The lowest BCUT2D eigenvalue weighted by atomic mass is 9.74. The second-order valence-corrected chi connectivity index (χ2v) is 18.9. The fourth-order valence-electron chi connectivity index (χ4n) is 11.6. The number of rotatable bonds is 9. The van der Waals surface area contributed by atoms with E-state index in [1.54, 1.807) is 0 Å². The highest BCUT2D eigenvalue weighted by molar-refractivity contribution is 6.22. The minimum absolute atomic E-state index is 0.352. The average molecular weight is 904 g/mol. The molecule has 0 N–H and O–H groups in total. The van der Waals surface area contributed by atoms with Crippen LogP contribution in [0.3, 0.4) is 0 Å². The largest absolute Gasteiger partial charge is 0.309 e. The van der Waals surface area contributed by atoms with Crippen molar-refractivity contribution in [1.82, 2.24) is 0 Å². The summed E-state index contributed by atoms with van der Waals surface area (Å²) in [7, 11) is 0. The molecule has 334 valence electrons. The Hall–Kier alpha value is -9.04. The zero-order chi connectivity index (χ0) is 47.3. The van der Waals surface area contributed by atoms with Gasteiger partial charge in [0.15, 0.2) is 0 Å². The van der Waals surface area contributed by atoms with Crippen LogP contribution in [0.4, 0.5) is 17.1 Å². The quantitative estimate of drug-likeness (QED) is 0.130. The van der Waals surface area contributed by atoms with Crippen LogP contribution in [-0.4, -0.2) is 0 Å². The first kappa shape index (κ1) is 42.1. The van der Waals surface area contributed by atoms with Crippen LogP contribution in [-0.2, 0) is 5.41 Å². The molecule has 71 heavy (non-hydrogen) atoms. The Morgan fingerprint density at radius 2 is 0.704 bits per heavy atom. The molecule has 12 aromatic carbocycles. The molecule has 0 aromatic heterocycles. The summed E-state index contributed by atoms with van der Waals surface area (Å²) >= 11 is 0. The molecule has 0 heterocycles. The van der Waals surface area contributed by atoms with Crippen molar-refractivity contribution >= 4 is 38.6 Å². The third-order valence-electron chi connectivity index (χ3n) is 15.0. The lowest BCUT2D eigenvalue weighted by Crippen LogP contribution is -2.22. The summed E-state index contributed by atoms with van der Waals surface area (Å²) in [4.78, 5) is 2.52. The molecule has 13 rings (SSSR count). The van der Waals surface area contributed by atoms with E-state index >= 15 is 0 Å². The van der Waals surface area contributed by atoms with Gasteiger partial charge in [0.25, 0.3) is 0 Å². The summed E-state index contributed by atoms with van der Waals surface area (Å²) in [6.45, 7) is 2.40. The smallest absolute Gasteiger partial charge is 0.0543 e. The van der Waals surface area contributed by atoms with Crippen LogP contribution in [0, 0.1) is 0 Å². The van der Waals surface area contributed by atoms with E-state index in [-0.39, 0.29) is 5.41 Å². The monoisotopic (exact) mass is 903 g/mol. The number of anilines is 3. The van der Waals surface area contributed by atoms with Crippen molar-refractivity contribution < 1.29 is 0 Å². The minimum Gasteiger partial charge on any atom is -0.309 e. The van der Waals surface area contributed by atoms with Crippen molar-refractivity contribution in [1.29, 1.82) is 0 Å². The predicted octanol–water partition coefficient (Wildman–Crippen LogP) is 19.1. The summed E-state index contributed by atoms with van der Waals surface area (Å²) in [6.07, 6.45) is 0. The van der Waals surface area contributed by atoms with E-state index in [2.05, 4.69) is 291 Å². The minimum atomic E-state index is -0.352. The normalized spacial score (nSPS) is 13.8. The maximum Gasteiger partial charge on any atom is 0.0543 e. The second-order valence-electron chi connectivity index (χ2n) is 18.9. The molecule has 1 nitrogen and oxygen atoms in total. The van der Waals surface area contributed by atoms with Gasteiger partial charge < -0.3 is 4.90 Å². The highest BCUT2D eigenvalue weighted by Gasteiger charge is 2.42. The third kappa shape index (κ3) is 7.08. The van der Waals surface area contributed by atoms with Crippen molar-refractivity contribution in [3.8, 4) is 66.8 Å². The lowest BCUT2D eigenvalue weighted by Gasteiger charge is -2.31. The van der Waals surface area contributed by atoms with Crippen molar-refractivity contribution in [2.45, 2.75) is 12.3 Å². The maximum atomic E-state index is 2.52. The van der Waals surface area contributed by atoms with Gasteiger partial charge >= 0.3 is 0 Å². The molecule has 0 bridgehead atoms. The van der Waals surface area contributed by atoms with Crippen LogP contribution in [0.25, 0.3) is 88.3 Å². The molecule has 0 amide bonds. The highest BCUT2D eigenvalue weighted by atomic mass is 15.1. The van der Waals surface area contributed by atoms with Crippen LogP contribution in [0.15, 0.2) is 279 Å². The predicted molar refractivity (Wildman–Crippen MR) is 301 cm³/mol. The van der Waals surface area contributed by atoms with E-state index in [1.165, 1.54) is 93.9 Å². The molecule has 1 aliphatic rings. The van der Waals surface area contributed by atoms with Gasteiger partial charge in [-0.3, -0.25) is 0 Å². The molecule has 1 heteroatoms. The van der Waals surface area contributed by atoms with Crippen LogP contribution < -0.4 is 4.90 Å². The van der Waals surface area contributed by atoms with Crippen molar-refractivity contribution in [2.24, 2.45) is 0 Å². The van der Waals surface area contributed by atoms with E-state index < -0.39 is 0 Å². The first-order valence-corrected chi connectivity index (χ1v) is 24.7. The Balaban J connectivity index is 1.04. The molecule has 0 saturated carbocycles. The summed E-state index contributed by atoms with van der Waals surface area (Å²) in [5, 5.41) is 4.96. The lowest BCUT2D eigenvalue weighted by molar-refractivity contribution is 0.714. The van der Waals surface area contributed by atoms with Crippen LogP contribution in [0.5, 0.6) is 0 Å². The number of hydrogen-bond donors (Lipinski definition) is 0. The molecule has 0 aliphatic heterocycles. The average Bonchev–Trinajstić information content (AvgIpc) is 3.72. The Morgan fingerprint density at radius 3 is 1.35 bits per heavy atom. The Morgan fingerprint density at radius 1 is 0.268 bits per heavy atom. The first-order valence-electron chi connectivity index (χ1n) is 24.7. The number of fused-ring (bicyclic) bond motifs is 6. The zero-order valence-corrected chi connectivity index (χ0v) is 39.5. The summed E-state index contributed by atoms with van der Waals surface area (Å²) in [6, 6.07) is 103. The summed E-state index contributed by atoms with van der Waals surface area (Å²) in [5.41, 5.74) is 21.4. The van der Waals surface area contributed by atoms with Crippen LogP contribution in [0.2, 0.25) is 0 Å². The molecule has 1 aliphatic carbocycles. The molecular formula is C70H49N. The molecule has 0 saturated heterocycles. The van der Waals surface area contributed by atoms with E-state index in [1.807, 2.05) is 0 Å². The molecular weight excluding hydrogens is 855 g/mol. The van der Waals surface area contributed by atoms with Gasteiger partial charge in [0, 0.05) is 22.2 Å². The molecule has 12 aromatic rings. The molecule has 1 unspecified atom stereocenters. The van der Waals surface area contributed by atoms with Crippen molar-refractivity contribution in [3.63, 3.8) is 0 Å². The van der Waals surface area contributed by atoms with Crippen molar-refractivity contribution in [3.05, 3.63) is 296 Å². The maximum absolute atomic E-state index is 2.52. The van der Waals surface area contributed by atoms with Gasteiger partial charge in [0.2, 0.25) is 0 Å². The molecule has 0 radical (unpaired) electrons. The van der Waals surface area contributed by atoms with Crippen molar-refractivity contribution in [2.75, 3.05) is 4.90 Å². The Labute approximate surface area is 416 Å². The third-order valence-corrected chi connectivity index (χ3v) is 15.0. The zero-order valence-electron chi connectivity index (χ0n) is 39.5. The van der Waals surface area contributed by atoms with Crippen LogP contribution >= 0.6 is 0 Å². The van der Waals surface area contributed by atoms with Crippen LogP contribution in [0.1, 0.15) is 23.6 Å². The Kier molecular flexibility index (Phi) is 10.4. The topological polar surface area (TPSA) is 3.24 Å². The van der Waals surface area contributed by atoms with Gasteiger partial charge in [-0.25, -0.2) is 0 Å². The van der Waals surface area contributed by atoms with Gasteiger partial charge in [0.05, 0.1) is 11.4 Å². The number of para-hydroxylation sites is 1. The molecule has 0 spiro atoms. The van der Waals surface area contributed by atoms with Gasteiger partial charge in [-0.1, -0.05) is 249 Å². The standard InChI is InChI=1S/C70H49N/c1-70(55-27-12-5-13-28-55)63-33-18-16-32-61(63)69-64(70)34-20-36-66(69)71(56-44-41-51(42-45-56)50-39-37-49(38-40-50)48-21-6-2-7-22-48)65-35-19-17-29-57(65)54-43-46-59-58-30-14-15-31-60(58)67(52-23-8-3-9-24-52)68(62(59)47-54)53-25-10-4-11-26-53/h2-47H,1H3. The summed E-state index contributed by atoms with van der Waals surface area (Å²) in [5.74, 6) is 0. The second kappa shape index (κ2) is 17.5. The van der Waals surface area contributed by atoms with Gasteiger partial charge in [0.1, 0.15) is 0 Å². The summed E-state index contributed by atoms with van der Waals surface area (Å²) < 4.78 is 0. The molecule has 1 atom stereocenters. The number of hydrogen-bond acceptors (Lipinski definition) is 1. The highest BCUT2D eigenvalue weighted by Crippen LogP contribution is 2.57. The van der Waals surface area contributed by atoms with E-state index in [0.717, 1.165) is 28.2 Å². The fraction of sp³-hybridized carbons (Fsp3) is 0.0286. The number of benzene rings is 12. The van der Waals surface area contributed by atoms with E-state index in [4.69, 9.17) is 0 Å². The van der Waals surface area contributed by atoms with Gasteiger partial charge in [-0.2, -0.15) is 0 Å².